The summed E-state index contributed by atoms with van der Waals surface area (Å²) in [5.74, 6) is 0. The molecule has 0 aromatic heterocycles. The van der Waals surface area contributed by atoms with Crippen LogP contribution in [0, 0.1) is 5.41 Å². The fraction of sp³-hybridized carbons (Fsp3) is 0.375. The summed E-state index contributed by atoms with van der Waals surface area (Å²) in [5, 5.41) is 2.77. The second-order valence-corrected chi connectivity index (χ2v) is 5.70. The maximum Gasteiger partial charge on any atom is -0.0152 e. The molecule has 0 aliphatic heterocycles. The van der Waals surface area contributed by atoms with Crippen LogP contribution in [-0.2, 0) is 6.42 Å². The van der Waals surface area contributed by atoms with Crippen LogP contribution in [0.1, 0.15) is 32.8 Å². The number of hydrogen-bond acceptors (Lipinski definition) is 0. The van der Waals surface area contributed by atoms with Gasteiger partial charge >= 0.3 is 0 Å². The van der Waals surface area contributed by atoms with Gasteiger partial charge in [0.25, 0.3) is 0 Å². The second-order valence-electron chi connectivity index (χ2n) is 5.70. The van der Waals surface area contributed by atoms with E-state index in [1.54, 1.807) is 0 Å². The second kappa shape index (κ2) is 4.29. The van der Waals surface area contributed by atoms with E-state index < -0.39 is 0 Å². The smallest absolute Gasteiger partial charge is 0.0152 e. The molecule has 0 fully saturated rings. The van der Waals surface area contributed by atoms with Crippen LogP contribution in [-0.4, -0.2) is 0 Å². The number of fused-ring (bicyclic) bond motifs is 1. The Morgan fingerprint density at radius 2 is 1.56 bits per heavy atom. The first kappa shape index (κ1) is 11.2. The minimum Gasteiger partial charge on any atom is -0.0616 e. The Bertz CT molecular complexity index is 469. The van der Waals surface area contributed by atoms with Crippen molar-refractivity contribution in [2.75, 3.05) is 0 Å². The van der Waals surface area contributed by atoms with Gasteiger partial charge < -0.3 is 0 Å². The van der Waals surface area contributed by atoms with Crippen molar-refractivity contribution in [1.82, 2.24) is 0 Å². The Balaban J connectivity index is 2.30. The fourth-order valence-electron chi connectivity index (χ4n) is 2.02. The normalized spacial score (nSPS) is 11.9. The van der Waals surface area contributed by atoms with Gasteiger partial charge in [0, 0.05) is 0 Å². The van der Waals surface area contributed by atoms with E-state index in [0.717, 1.165) is 0 Å². The Kier molecular flexibility index (Phi) is 3.00. The average Bonchev–Trinajstić information content (AvgIpc) is 2.25. The van der Waals surface area contributed by atoms with Crippen LogP contribution in [0.2, 0.25) is 0 Å². The summed E-state index contributed by atoms with van der Waals surface area (Å²) >= 11 is 0. The van der Waals surface area contributed by atoms with Gasteiger partial charge in [-0.05, 0) is 34.6 Å². The molecule has 0 atom stereocenters. The summed E-state index contributed by atoms with van der Waals surface area (Å²) in [4.78, 5) is 0. The summed E-state index contributed by atoms with van der Waals surface area (Å²) in [5.41, 5.74) is 1.89. The van der Waals surface area contributed by atoms with Gasteiger partial charge in [-0.2, -0.15) is 0 Å². The minimum absolute atomic E-state index is 0.414. The SMILES string of the molecule is CC(C)(C)CCc1cccc2ccccc12. The summed E-state index contributed by atoms with van der Waals surface area (Å²) in [6.45, 7) is 6.91. The Morgan fingerprint density at radius 3 is 2.31 bits per heavy atom. The molecule has 0 nitrogen and oxygen atoms in total. The molecule has 84 valence electrons. The van der Waals surface area contributed by atoms with Crippen LogP contribution in [0.3, 0.4) is 0 Å². The van der Waals surface area contributed by atoms with Gasteiger partial charge in [-0.3, -0.25) is 0 Å². The molecule has 2 aromatic rings. The molecule has 0 heteroatoms. The predicted octanol–water partition coefficient (Wildman–Crippen LogP) is 4.82. The van der Waals surface area contributed by atoms with E-state index in [4.69, 9.17) is 0 Å². The van der Waals surface area contributed by atoms with Gasteiger partial charge in [-0.1, -0.05) is 63.2 Å². The lowest BCUT2D eigenvalue weighted by Crippen LogP contribution is -2.06. The van der Waals surface area contributed by atoms with Crippen molar-refractivity contribution in [2.45, 2.75) is 33.6 Å². The predicted molar refractivity (Wildman–Crippen MR) is 71.7 cm³/mol. The van der Waals surface area contributed by atoms with Gasteiger partial charge in [0.2, 0.25) is 0 Å². The van der Waals surface area contributed by atoms with Crippen molar-refractivity contribution in [3.05, 3.63) is 48.0 Å². The van der Waals surface area contributed by atoms with Crippen LogP contribution in [0.4, 0.5) is 0 Å². The lowest BCUT2D eigenvalue weighted by atomic mass is 9.87. The third-order valence-corrected chi connectivity index (χ3v) is 3.02. The molecule has 0 aliphatic carbocycles. The van der Waals surface area contributed by atoms with Crippen LogP contribution in [0.15, 0.2) is 42.5 Å². The monoisotopic (exact) mass is 212 g/mol. The van der Waals surface area contributed by atoms with Crippen molar-refractivity contribution >= 4 is 10.8 Å². The van der Waals surface area contributed by atoms with Crippen molar-refractivity contribution in [2.24, 2.45) is 5.41 Å². The Labute approximate surface area is 98.3 Å². The fourth-order valence-corrected chi connectivity index (χ4v) is 2.02. The molecule has 0 saturated heterocycles. The number of aryl methyl sites for hydroxylation is 1. The molecule has 0 unspecified atom stereocenters. The molecule has 0 radical (unpaired) electrons. The third kappa shape index (κ3) is 2.63. The van der Waals surface area contributed by atoms with E-state index in [9.17, 15) is 0 Å². The first-order chi connectivity index (χ1) is 7.56. The zero-order valence-electron chi connectivity index (χ0n) is 10.5. The van der Waals surface area contributed by atoms with Gasteiger partial charge in [0.15, 0.2) is 0 Å². The van der Waals surface area contributed by atoms with Crippen molar-refractivity contribution in [3.8, 4) is 0 Å². The van der Waals surface area contributed by atoms with E-state index in [2.05, 4.69) is 63.2 Å². The van der Waals surface area contributed by atoms with E-state index in [-0.39, 0.29) is 0 Å². The maximum absolute atomic E-state index is 2.30. The molecule has 16 heavy (non-hydrogen) atoms. The highest BCUT2D eigenvalue weighted by Gasteiger charge is 2.10. The molecule has 0 N–H and O–H groups in total. The van der Waals surface area contributed by atoms with E-state index in [0.29, 0.717) is 5.41 Å². The molecule has 0 bridgehead atoms. The Hall–Kier alpha value is -1.30. The first-order valence-corrected chi connectivity index (χ1v) is 6.03. The number of benzene rings is 2. The molecule has 0 heterocycles. The first-order valence-electron chi connectivity index (χ1n) is 6.03. The standard InChI is InChI=1S/C16H20/c1-16(2,3)12-11-14-9-6-8-13-7-4-5-10-15(13)14/h4-10H,11-12H2,1-3H3. The molecule has 0 amide bonds. The molecule has 0 spiro atoms. The average molecular weight is 212 g/mol. The summed E-state index contributed by atoms with van der Waals surface area (Å²) in [6, 6.07) is 15.3. The highest BCUT2D eigenvalue weighted by atomic mass is 14.2. The largest absolute Gasteiger partial charge is 0.0616 e. The molecule has 0 saturated carbocycles. The zero-order valence-corrected chi connectivity index (χ0v) is 10.5. The van der Waals surface area contributed by atoms with Crippen LogP contribution in [0.25, 0.3) is 10.8 Å². The van der Waals surface area contributed by atoms with Gasteiger partial charge in [-0.15, -0.1) is 0 Å². The van der Waals surface area contributed by atoms with E-state index in [1.807, 2.05) is 0 Å². The maximum atomic E-state index is 2.30. The molecule has 0 aliphatic rings. The summed E-state index contributed by atoms with van der Waals surface area (Å²) < 4.78 is 0. The number of rotatable bonds is 2. The topological polar surface area (TPSA) is 0 Å². The summed E-state index contributed by atoms with van der Waals surface area (Å²) in [6.07, 6.45) is 2.41. The minimum atomic E-state index is 0.414. The zero-order chi connectivity index (χ0) is 11.6. The van der Waals surface area contributed by atoms with E-state index in [1.165, 1.54) is 29.2 Å². The number of hydrogen-bond donors (Lipinski definition) is 0. The summed E-state index contributed by atoms with van der Waals surface area (Å²) in [7, 11) is 0. The molecular weight excluding hydrogens is 192 g/mol. The molecule has 2 aromatic carbocycles. The van der Waals surface area contributed by atoms with Crippen molar-refractivity contribution in [3.63, 3.8) is 0 Å². The lowest BCUT2D eigenvalue weighted by Gasteiger charge is -2.18. The Morgan fingerprint density at radius 1 is 0.875 bits per heavy atom. The highest BCUT2D eigenvalue weighted by molar-refractivity contribution is 5.85. The van der Waals surface area contributed by atoms with Crippen molar-refractivity contribution in [1.29, 1.82) is 0 Å². The van der Waals surface area contributed by atoms with Crippen LogP contribution in [0.5, 0.6) is 0 Å². The lowest BCUT2D eigenvalue weighted by molar-refractivity contribution is 0.379. The van der Waals surface area contributed by atoms with Gasteiger partial charge in [0.1, 0.15) is 0 Å². The van der Waals surface area contributed by atoms with E-state index >= 15 is 0 Å². The van der Waals surface area contributed by atoms with Crippen molar-refractivity contribution < 1.29 is 0 Å². The van der Waals surface area contributed by atoms with Crippen LogP contribution >= 0.6 is 0 Å². The highest BCUT2D eigenvalue weighted by Crippen LogP contribution is 2.25. The van der Waals surface area contributed by atoms with Gasteiger partial charge in [-0.25, -0.2) is 0 Å². The molecular formula is C16H20. The van der Waals surface area contributed by atoms with Crippen LogP contribution < -0.4 is 0 Å². The quantitative estimate of drug-likeness (QED) is 0.669. The third-order valence-electron chi connectivity index (χ3n) is 3.02. The van der Waals surface area contributed by atoms with Gasteiger partial charge in [0.05, 0.1) is 0 Å². The molecule has 2 rings (SSSR count).